The van der Waals surface area contributed by atoms with Gasteiger partial charge in [-0.1, -0.05) is 27.2 Å². The standard InChI is InChI=1S/C15H29NOS/c1-11(2)13-7-6-12(3)10-14(13)15(17)16-8-5-9-18-4/h11-14H,5-10H2,1-4H3,(H,16,17)/t12-,13+,14-/m1/s1. The van der Waals surface area contributed by atoms with E-state index in [1.807, 2.05) is 11.8 Å². The topological polar surface area (TPSA) is 29.1 Å². The number of thioether (sulfide) groups is 1. The fourth-order valence-corrected chi connectivity index (χ4v) is 3.50. The summed E-state index contributed by atoms with van der Waals surface area (Å²) in [7, 11) is 0. The maximum Gasteiger partial charge on any atom is 0.223 e. The number of nitrogens with one attached hydrogen (secondary N) is 1. The Labute approximate surface area is 117 Å². The van der Waals surface area contributed by atoms with E-state index in [1.54, 1.807) is 0 Å². The Bertz CT molecular complexity index is 255. The zero-order chi connectivity index (χ0) is 13.5. The highest BCUT2D eigenvalue weighted by Gasteiger charge is 2.34. The van der Waals surface area contributed by atoms with Crippen molar-refractivity contribution in [1.82, 2.24) is 5.32 Å². The second-order valence-corrected chi connectivity index (χ2v) is 7.06. The fourth-order valence-electron chi connectivity index (χ4n) is 3.06. The minimum absolute atomic E-state index is 0.253. The Morgan fingerprint density at radius 3 is 2.72 bits per heavy atom. The summed E-state index contributed by atoms with van der Waals surface area (Å²) in [5.74, 6) is 3.61. The number of hydrogen-bond donors (Lipinski definition) is 1. The molecular formula is C15H29NOS. The molecule has 106 valence electrons. The smallest absolute Gasteiger partial charge is 0.223 e. The van der Waals surface area contributed by atoms with Crippen LogP contribution in [0.15, 0.2) is 0 Å². The Balaban J connectivity index is 2.45. The van der Waals surface area contributed by atoms with Gasteiger partial charge in [0.1, 0.15) is 0 Å². The van der Waals surface area contributed by atoms with Gasteiger partial charge in [0.05, 0.1) is 0 Å². The first-order valence-electron chi connectivity index (χ1n) is 7.32. The van der Waals surface area contributed by atoms with Crippen LogP contribution < -0.4 is 5.32 Å². The van der Waals surface area contributed by atoms with Crippen molar-refractivity contribution >= 4 is 17.7 Å². The quantitative estimate of drug-likeness (QED) is 0.748. The van der Waals surface area contributed by atoms with E-state index in [0.717, 1.165) is 25.1 Å². The van der Waals surface area contributed by atoms with E-state index in [0.29, 0.717) is 23.7 Å². The van der Waals surface area contributed by atoms with Crippen molar-refractivity contribution in [3.05, 3.63) is 0 Å². The van der Waals surface area contributed by atoms with Crippen LogP contribution in [-0.2, 0) is 4.79 Å². The minimum atomic E-state index is 0.253. The molecule has 0 aromatic heterocycles. The molecule has 1 N–H and O–H groups in total. The Hall–Kier alpha value is -0.180. The van der Waals surface area contributed by atoms with Gasteiger partial charge in [0.2, 0.25) is 5.91 Å². The monoisotopic (exact) mass is 271 g/mol. The van der Waals surface area contributed by atoms with Crippen molar-refractivity contribution in [1.29, 1.82) is 0 Å². The second-order valence-electron chi connectivity index (χ2n) is 6.07. The lowest BCUT2D eigenvalue weighted by Gasteiger charge is -2.36. The summed E-state index contributed by atoms with van der Waals surface area (Å²) >= 11 is 1.84. The van der Waals surface area contributed by atoms with Gasteiger partial charge in [-0.25, -0.2) is 0 Å². The highest BCUT2D eigenvalue weighted by Crippen LogP contribution is 2.37. The zero-order valence-electron chi connectivity index (χ0n) is 12.4. The molecule has 0 unspecified atom stereocenters. The molecule has 0 radical (unpaired) electrons. The van der Waals surface area contributed by atoms with Crippen LogP contribution in [0.3, 0.4) is 0 Å². The van der Waals surface area contributed by atoms with Gasteiger partial charge in [-0.15, -0.1) is 0 Å². The minimum Gasteiger partial charge on any atom is -0.356 e. The van der Waals surface area contributed by atoms with E-state index in [9.17, 15) is 4.79 Å². The molecule has 3 heteroatoms. The second kappa shape index (κ2) is 8.08. The molecule has 1 aliphatic rings. The van der Waals surface area contributed by atoms with Crippen LogP contribution >= 0.6 is 11.8 Å². The average Bonchev–Trinajstić information content (AvgIpc) is 2.34. The van der Waals surface area contributed by atoms with Gasteiger partial charge in [-0.3, -0.25) is 4.79 Å². The third-order valence-corrected chi connectivity index (χ3v) is 4.88. The van der Waals surface area contributed by atoms with Crippen LogP contribution in [0.5, 0.6) is 0 Å². The summed E-state index contributed by atoms with van der Waals surface area (Å²) in [6, 6.07) is 0. The zero-order valence-corrected chi connectivity index (χ0v) is 13.2. The molecule has 1 aliphatic carbocycles. The SMILES string of the molecule is CSCCCNC(=O)[C@@H]1C[C@H](C)CC[C@H]1C(C)C. The number of rotatable bonds is 6. The van der Waals surface area contributed by atoms with Crippen molar-refractivity contribution < 1.29 is 4.79 Å². The molecule has 1 saturated carbocycles. The van der Waals surface area contributed by atoms with Gasteiger partial charge in [-0.05, 0) is 49.0 Å². The Morgan fingerprint density at radius 2 is 2.11 bits per heavy atom. The van der Waals surface area contributed by atoms with E-state index < -0.39 is 0 Å². The normalized spacial score (nSPS) is 28.4. The van der Waals surface area contributed by atoms with E-state index >= 15 is 0 Å². The molecule has 2 nitrogen and oxygen atoms in total. The van der Waals surface area contributed by atoms with Gasteiger partial charge >= 0.3 is 0 Å². The lowest BCUT2D eigenvalue weighted by Crippen LogP contribution is -2.40. The van der Waals surface area contributed by atoms with Crippen LogP contribution in [0.4, 0.5) is 0 Å². The number of amides is 1. The molecule has 1 amide bonds. The summed E-state index contributed by atoms with van der Waals surface area (Å²) < 4.78 is 0. The van der Waals surface area contributed by atoms with Gasteiger partial charge < -0.3 is 5.32 Å². The maximum atomic E-state index is 12.3. The molecule has 0 aromatic carbocycles. The lowest BCUT2D eigenvalue weighted by atomic mass is 9.70. The molecule has 0 spiro atoms. The van der Waals surface area contributed by atoms with E-state index in [-0.39, 0.29) is 5.92 Å². The van der Waals surface area contributed by atoms with Crippen molar-refractivity contribution in [3.8, 4) is 0 Å². The third kappa shape index (κ3) is 4.83. The van der Waals surface area contributed by atoms with Crippen LogP contribution in [0.1, 0.15) is 46.5 Å². The Morgan fingerprint density at radius 1 is 1.39 bits per heavy atom. The summed E-state index contributed by atoms with van der Waals surface area (Å²) in [5, 5.41) is 3.14. The first-order chi connectivity index (χ1) is 8.56. The fraction of sp³-hybridized carbons (Fsp3) is 0.933. The van der Waals surface area contributed by atoms with Gasteiger partial charge in [0.25, 0.3) is 0 Å². The molecule has 3 atom stereocenters. The predicted molar refractivity (Wildman–Crippen MR) is 80.8 cm³/mol. The van der Waals surface area contributed by atoms with Crippen LogP contribution in [-0.4, -0.2) is 24.5 Å². The maximum absolute atomic E-state index is 12.3. The molecular weight excluding hydrogens is 242 g/mol. The lowest BCUT2D eigenvalue weighted by molar-refractivity contribution is -0.129. The molecule has 0 saturated heterocycles. The van der Waals surface area contributed by atoms with E-state index in [1.165, 1.54) is 12.8 Å². The summed E-state index contributed by atoms with van der Waals surface area (Å²) in [6.07, 6.45) is 6.79. The average molecular weight is 271 g/mol. The number of carbonyl (C=O) groups is 1. The summed E-state index contributed by atoms with van der Waals surface area (Å²) in [5.41, 5.74) is 0. The molecule has 1 fully saturated rings. The molecule has 1 rings (SSSR count). The van der Waals surface area contributed by atoms with Crippen molar-refractivity contribution in [2.45, 2.75) is 46.5 Å². The Kier molecular flexibility index (Phi) is 7.13. The van der Waals surface area contributed by atoms with Crippen molar-refractivity contribution in [2.75, 3.05) is 18.6 Å². The van der Waals surface area contributed by atoms with E-state index in [4.69, 9.17) is 0 Å². The van der Waals surface area contributed by atoms with Crippen molar-refractivity contribution in [3.63, 3.8) is 0 Å². The first kappa shape index (κ1) is 15.9. The van der Waals surface area contributed by atoms with Gasteiger partial charge in [-0.2, -0.15) is 11.8 Å². The highest BCUT2D eigenvalue weighted by atomic mass is 32.2. The van der Waals surface area contributed by atoms with Crippen LogP contribution in [0, 0.1) is 23.7 Å². The molecule has 18 heavy (non-hydrogen) atoms. The van der Waals surface area contributed by atoms with Crippen molar-refractivity contribution in [2.24, 2.45) is 23.7 Å². The van der Waals surface area contributed by atoms with Gasteiger partial charge in [0.15, 0.2) is 0 Å². The third-order valence-electron chi connectivity index (χ3n) is 4.18. The van der Waals surface area contributed by atoms with Crippen LogP contribution in [0.25, 0.3) is 0 Å². The number of carbonyl (C=O) groups excluding carboxylic acids is 1. The van der Waals surface area contributed by atoms with Crippen LogP contribution in [0.2, 0.25) is 0 Å². The van der Waals surface area contributed by atoms with E-state index in [2.05, 4.69) is 32.3 Å². The predicted octanol–water partition coefficient (Wildman–Crippen LogP) is 3.56. The summed E-state index contributed by atoms with van der Waals surface area (Å²) in [6.45, 7) is 7.64. The summed E-state index contributed by atoms with van der Waals surface area (Å²) in [4.78, 5) is 12.3. The first-order valence-corrected chi connectivity index (χ1v) is 8.72. The number of hydrogen-bond acceptors (Lipinski definition) is 2. The molecule has 0 heterocycles. The van der Waals surface area contributed by atoms with Gasteiger partial charge in [0, 0.05) is 12.5 Å². The molecule has 0 bridgehead atoms. The molecule has 0 aliphatic heterocycles. The highest BCUT2D eigenvalue weighted by molar-refractivity contribution is 7.98. The largest absolute Gasteiger partial charge is 0.356 e. The molecule has 0 aromatic rings.